The average Bonchev–Trinajstić information content (AvgIpc) is 3.27. The summed E-state index contributed by atoms with van der Waals surface area (Å²) in [6, 6.07) is 6.42. The first-order valence-corrected chi connectivity index (χ1v) is 12.5. The minimum absolute atomic E-state index is 0.521. The zero-order valence-electron chi connectivity index (χ0n) is 19.3. The molecule has 4 rings (SSSR count). The van der Waals surface area contributed by atoms with Gasteiger partial charge in [0.05, 0.1) is 0 Å². The Hall–Kier alpha value is -2.12. The van der Waals surface area contributed by atoms with Gasteiger partial charge in [-0.1, -0.05) is 43.9 Å². The molecule has 3 N–H and O–H groups in total. The summed E-state index contributed by atoms with van der Waals surface area (Å²) in [6.07, 6.45) is 9.05. The average molecular weight is 458 g/mol. The quantitative estimate of drug-likeness (QED) is 0.461. The number of hydrogen-bond donors (Lipinski definition) is 3. The van der Waals surface area contributed by atoms with Gasteiger partial charge in [0.15, 0.2) is 0 Å². The molecular weight excluding hydrogens is 422 g/mol. The van der Waals surface area contributed by atoms with Crippen LogP contribution in [0.1, 0.15) is 57.4 Å². The molecule has 1 unspecified atom stereocenters. The molecule has 1 atom stereocenters. The standard InChI is InChI=1S/C24H36ClN7/c1-3-32-13-7-10-20(32)16-27-23-29-22(26-15-18-8-5-4-6-9-18)30-24(31-23)28-19-12-11-17(2)21(25)14-19/h11-12,14,18,20H,3-10,13,15-16H2,1-2H3,(H3,26,27,28,29,30,31). The summed E-state index contributed by atoms with van der Waals surface area (Å²) in [5.74, 6) is 2.44. The maximum atomic E-state index is 6.31. The van der Waals surface area contributed by atoms with Gasteiger partial charge in [0.1, 0.15) is 0 Å². The van der Waals surface area contributed by atoms with E-state index >= 15 is 0 Å². The summed E-state index contributed by atoms with van der Waals surface area (Å²) in [4.78, 5) is 16.5. The number of likely N-dealkylation sites (tertiary alicyclic amines) is 1. The molecule has 0 bridgehead atoms. The van der Waals surface area contributed by atoms with Gasteiger partial charge in [-0.3, -0.25) is 4.90 Å². The minimum Gasteiger partial charge on any atom is -0.354 e. The van der Waals surface area contributed by atoms with Gasteiger partial charge >= 0.3 is 0 Å². The van der Waals surface area contributed by atoms with Crippen LogP contribution in [0.5, 0.6) is 0 Å². The van der Waals surface area contributed by atoms with E-state index in [1.807, 2.05) is 25.1 Å². The number of hydrogen-bond acceptors (Lipinski definition) is 7. The Bertz CT molecular complexity index is 885. The Morgan fingerprint density at radius 2 is 1.66 bits per heavy atom. The van der Waals surface area contributed by atoms with Gasteiger partial charge in [0.2, 0.25) is 17.8 Å². The number of aromatic nitrogens is 3. The predicted octanol–water partition coefficient (Wildman–Crippen LogP) is 5.47. The molecule has 0 radical (unpaired) electrons. The highest BCUT2D eigenvalue weighted by molar-refractivity contribution is 6.31. The lowest BCUT2D eigenvalue weighted by Gasteiger charge is -2.23. The molecule has 2 heterocycles. The zero-order chi connectivity index (χ0) is 22.3. The number of nitrogens with zero attached hydrogens (tertiary/aromatic N) is 4. The maximum absolute atomic E-state index is 6.31. The summed E-state index contributed by atoms with van der Waals surface area (Å²) in [7, 11) is 0. The summed E-state index contributed by atoms with van der Waals surface area (Å²) in [5.41, 5.74) is 1.91. The number of benzene rings is 1. The smallest absolute Gasteiger partial charge is 0.233 e. The van der Waals surface area contributed by atoms with Crippen molar-refractivity contribution in [2.45, 2.75) is 64.8 Å². The Labute approximate surface area is 196 Å². The molecule has 32 heavy (non-hydrogen) atoms. The third-order valence-corrected chi connectivity index (χ3v) is 7.15. The van der Waals surface area contributed by atoms with Crippen molar-refractivity contribution in [1.29, 1.82) is 0 Å². The summed E-state index contributed by atoms with van der Waals surface area (Å²) < 4.78 is 0. The third kappa shape index (κ3) is 6.23. The van der Waals surface area contributed by atoms with Crippen molar-refractivity contribution in [3.8, 4) is 0 Å². The molecule has 1 aromatic heterocycles. The van der Waals surface area contributed by atoms with E-state index in [0.717, 1.165) is 35.9 Å². The van der Waals surface area contributed by atoms with Crippen LogP contribution < -0.4 is 16.0 Å². The molecule has 1 aliphatic carbocycles. The van der Waals surface area contributed by atoms with Crippen LogP contribution in [-0.4, -0.2) is 52.1 Å². The molecule has 2 fully saturated rings. The van der Waals surface area contributed by atoms with Crippen molar-refractivity contribution in [1.82, 2.24) is 19.9 Å². The van der Waals surface area contributed by atoms with Crippen LogP contribution in [0.15, 0.2) is 18.2 Å². The van der Waals surface area contributed by atoms with Crippen molar-refractivity contribution in [2.75, 3.05) is 42.1 Å². The fourth-order valence-electron chi connectivity index (χ4n) is 4.77. The van der Waals surface area contributed by atoms with Crippen LogP contribution in [0.2, 0.25) is 5.02 Å². The van der Waals surface area contributed by atoms with Crippen molar-refractivity contribution >= 4 is 35.1 Å². The molecule has 2 aliphatic rings. The van der Waals surface area contributed by atoms with Gasteiger partial charge in [0, 0.05) is 29.8 Å². The van der Waals surface area contributed by atoms with Gasteiger partial charge in [0.25, 0.3) is 0 Å². The lowest BCUT2D eigenvalue weighted by Crippen LogP contribution is -2.35. The zero-order valence-corrected chi connectivity index (χ0v) is 20.1. The summed E-state index contributed by atoms with van der Waals surface area (Å²) >= 11 is 6.31. The summed E-state index contributed by atoms with van der Waals surface area (Å²) in [6.45, 7) is 8.23. The van der Waals surface area contributed by atoms with Crippen molar-refractivity contribution < 1.29 is 0 Å². The first-order chi connectivity index (χ1) is 15.6. The highest BCUT2D eigenvalue weighted by Crippen LogP contribution is 2.25. The summed E-state index contributed by atoms with van der Waals surface area (Å²) in [5, 5.41) is 11.0. The van der Waals surface area contributed by atoms with Gasteiger partial charge < -0.3 is 16.0 Å². The number of rotatable bonds is 9. The maximum Gasteiger partial charge on any atom is 0.233 e. The molecule has 0 amide bonds. The Balaban J connectivity index is 1.47. The van der Waals surface area contributed by atoms with Crippen LogP contribution in [0.3, 0.4) is 0 Å². The monoisotopic (exact) mass is 457 g/mol. The molecular formula is C24H36ClN7. The van der Waals surface area contributed by atoms with E-state index in [2.05, 4.69) is 42.7 Å². The second-order valence-corrected chi connectivity index (χ2v) is 9.49. The van der Waals surface area contributed by atoms with E-state index in [4.69, 9.17) is 11.6 Å². The predicted molar refractivity (Wildman–Crippen MR) is 133 cm³/mol. The molecule has 174 valence electrons. The highest BCUT2D eigenvalue weighted by atomic mass is 35.5. The van der Waals surface area contributed by atoms with Crippen LogP contribution in [-0.2, 0) is 0 Å². The molecule has 1 saturated heterocycles. The van der Waals surface area contributed by atoms with Gasteiger partial charge in [-0.25, -0.2) is 0 Å². The first-order valence-electron chi connectivity index (χ1n) is 12.1. The minimum atomic E-state index is 0.521. The third-order valence-electron chi connectivity index (χ3n) is 6.74. The van der Waals surface area contributed by atoms with E-state index in [1.54, 1.807) is 0 Å². The Morgan fingerprint density at radius 1 is 0.938 bits per heavy atom. The molecule has 1 aromatic carbocycles. The molecule has 1 saturated carbocycles. The topological polar surface area (TPSA) is 78.0 Å². The van der Waals surface area contributed by atoms with Crippen LogP contribution >= 0.6 is 11.6 Å². The largest absolute Gasteiger partial charge is 0.354 e. The van der Waals surface area contributed by atoms with Crippen LogP contribution in [0.25, 0.3) is 0 Å². The second-order valence-electron chi connectivity index (χ2n) is 9.09. The fourth-order valence-corrected chi connectivity index (χ4v) is 4.95. The van der Waals surface area contributed by atoms with E-state index in [9.17, 15) is 0 Å². The lowest BCUT2D eigenvalue weighted by atomic mass is 9.89. The number of likely N-dealkylation sites (N-methyl/N-ethyl adjacent to an activating group) is 1. The van der Waals surface area contributed by atoms with Crippen molar-refractivity contribution in [3.63, 3.8) is 0 Å². The van der Waals surface area contributed by atoms with Gasteiger partial charge in [-0.2, -0.15) is 15.0 Å². The van der Waals surface area contributed by atoms with E-state index < -0.39 is 0 Å². The molecule has 0 spiro atoms. The molecule has 7 nitrogen and oxygen atoms in total. The van der Waals surface area contributed by atoms with Crippen LogP contribution in [0, 0.1) is 12.8 Å². The van der Waals surface area contributed by atoms with E-state index in [0.29, 0.717) is 29.8 Å². The van der Waals surface area contributed by atoms with Gasteiger partial charge in [-0.05, 0) is 69.3 Å². The number of nitrogens with one attached hydrogen (secondary N) is 3. The highest BCUT2D eigenvalue weighted by Gasteiger charge is 2.23. The normalized spacial score (nSPS) is 19.8. The first kappa shape index (κ1) is 23.1. The SMILES string of the molecule is CCN1CCCC1CNc1nc(NCC2CCCCC2)nc(Nc2ccc(C)c(Cl)c2)n1. The fraction of sp³-hybridized carbons (Fsp3) is 0.625. The lowest BCUT2D eigenvalue weighted by molar-refractivity contribution is 0.277. The molecule has 1 aliphatic heterocycles. The number of aryl methyl sites for hydroxylation is 1. The second kappa shape index (κ2) is 11.1. The Kier molecular flexibility index (Phi) is 8.03. The van der Waals surface area contributed by atoms with Crippen LogP contribution in [0.4, 0.5) is 23.5 Å². The van der Waals surface area contributed by atoms with E-state index in [1.165, 1.54) is 51.5 Å². The van der Waals surface area contributed by atoms with E-state index in [-0.39, 0.29) is 0 Å². The number of halogens is 1. The number of anilines is 4. The Morgan fingerprint density at radius 3 is 2.38 bits per heavy atom. The van der Waals surface area contributed by atoms with Gasteiger partial charge in [-0.15, -0.1) is 0 Å². The van der Waals surface area contributed by atoms with Crippen molar-refractivity contribution in [2.24, 2.45) is 5.92 Å². The van der Waals surface area contributed by atoms with Crippen molar-refractivity contribution in [3.05, 3.63) is 28.8 Å². The molecule has 2 aromatic rings. The molecule has 8 heteroatoms.